The van der Waals surface area contributed by atoms with Crippen molar-refractivity contribution in [3.05, 3.63) is 77.4 Å². The van der Waals surface area contributed by atoms with Gasteiger partial charge < -0.3 is 14.1 Å². The molecular formula is C25H18N2O5. The number of fused-ring (bicyclic) bond motifs is 4. The van der Waals surface area contributed by atoms with Gasteiger partial charge in [-0.15, -0.1) is 0 Å². The van der Waals surface area contributed by atoms with Crippen molar-refractivity contribution in [2.75, 3.05) is 0 Å². The molecule has 1 aromatic heterocycles. The summed E-state index contributed by atoms with van der Waals surface area (Å²) in [5.74, 6) is -1.10. The zero-order chi connectivity index (χ0) is 22.4. The monoisotopic (exact) mass is 426 g/mol. The van der Waals surface area contributed by atoms with Gasteiger partial charge in [0.2, 0.25) is 0 Å². The van der Waals surface area contributed by atoms with Crippen LogP contribution >= 0.6 is 0 Å². The molecule has 7 heteroatoms. The Hall–Kier alpha value is -4.26. The molecule has 3 aromatic carbocycles. The number of Topliss-reactive ketones (excluding diaryl/α,β-unsaturated/α-hetero) is 1. The molecule has 32 heavy (non-hydrogen) atoms. The van der Waals surface area contributed by atoms with E-state index in [1.165, 1.54) is 6.92 Å². The van der Waals surface area contributed by atoms with Crippen molar-refractivity contribution in [2.45, 2.75) is 20.4 Å². The predicted molar refractivity (Wildman–Crippen MR) is 119 cm³/mol. The molecule has 0 N–H and O–H groups in total. The quantitative estimate of drug-likeness (QED) is 0.272. The van der Waals surface area contributed by atoms with E-state index >= 15 is 0 Å². The van der Waals surface area contributed by atoms with Crippen molar-refractivity contribution in [3.63, 3.8) is 0 Å². The first kappa shape index (κ1) is 19.7. The highest BCUT2D eigenvalue weighted by molar-refractivity contribution is 6.47. The van der Waals surface area contributed by atoms with Gasteiger partial charge in [0.05, 0.1) is 11.1 Å². The van der Waals surface area contributed by atoms with E-state index in [-0.39, 0.29) is 11.7 Å². The molecule has 2 heterocycles. The van der Waals surface area contributed by atoms with Gasteiger partial charge in [-0.3, -0.25) is 9.59 Å². The number of hydrogen-bond acceptors (Lipinski definition) is 6. The van der Waals surface area contributed by atoms with Crippen molar-refractivity contribution in [2.24, 2.45) is 5.16 Å². The number of ether oxygens (including phenoxy) is 1. The van der Waals surface area contributed by atoms with Crippen LogP contribution in [0.5, 0.6) is 5.75 Å². The maximum Gasteiger partial charge on any atom is 0.332 e. The minimum Gasteiger partial charge on any atom is -0.433 e. The third-order valence-corrected chi connectivity index (χ3v) is 5.48. The Bertz CT molecular complexity index is 1460. The highest BCUT2D eigenvalue weighted by Crippen LogP contribution is 2.37. The summed E-state index contributed by atoms with van der Waals surface area (Å²) < 4.78 is 7.64. The van der Waals surface area contributed by atoms with Crippen LogP contribution in [0.1, 0.15) is 40.1 Å². The molecule has 0 aliphatic carbocycles. The molecule has 1 aliphatic rings. The number of hydrogen-bond donors (Lipinski definition) is 0. The van der Waals surface area contributed by atoms with E-state index in [0.717, 1.165) is 21.8 Å². The molecule has 7 nitrogen and oxygen atoms in total. The molecule has 0 fully saturated rings. The van der Waals surface area contributed by atoms with Crippen LogP contribution < -0.4 is 4.74 Å². The van der Waals surface area contributed by atoms with Crippen LogP contribution in [0.4, 0.5) is 0 Å². The summed E-state index contributed by atoms with van der Waals surface area (Å²) in [6, 6.07) is 18.2. The normalized spacial score (nSPS) is 14.1. The molecule has 0 bridgehead atoms. The SMILES string of the molecule is CCn1c2ccc(C(=O)c3ccccc3)cc2c2cc3c(cc21)OC(=NOC(C)=O)C3=O. The van der Waals surface area contributed by atoms with Gasteiger partial charge in [-0.2, -0.15) is 0 Å². The molecular weight excluding hydrogens is 408 g/mol. The number of carbonyl (C=O) groups excluding carboxylic acids is 3. The van der Waals surface area contributed by atoms with Crippen molar-refractivity contribution >= 4 is 45.2 Å². The molecule has 1 aliphatic heterocycles. The summed E-state index contributed by atoms with van der Waals surface area (Å²) in [7, 11) is 0. The minimum absolute atomic E-state index is 0.0683. The highest BCUT2D eigenvalue weighted by atomic mass is 16.7. The summed E-state index contributed by atoms with van der Waals surface area (Å²) in [6.07, 6.45) is 0. The lowest BCUT2D eigenvalue weighted by molar-refractivity contribution is -0.141. The largest absolute Gasteiger partial charge is 0.433 e. The predicted octanol–water partition coefficient (Wildman–Crippen LogP) is 4.50. The van der Waals surface area contributed by atoms with Crippen LogP contribution in [-0.4, -0.2) is 28.0 Å². The molecule has 0 saturated carbocycles. The summed E-state index contributed by atoms with van der Waals surface area (Å²) >= 11 is 0. The number of oxime groups is 1. The number of carbonyl (C=O) groups is 3. The second-order valence-electron chi connectivity index (χ2n) is 7.45. The lowest BCUT2D eigenvalue weighted by Crippen LogP contribution is -2.13. The maximum atomic E-state index is 13.0. The summed E-state index contributed by atoms with van der Waals surface area (Å²) in [4.78, 5) is 41.3. The van der Waals surface area contributed by atoms with Crippen LogP contribution in [0.2, 0.25) is 0 Å². The van der Waals surface area contributed by atoms with Crippen molar-refractivity contribution in [1.29, 1.82) is 0 Å². The Labute approximate surface area is 182 Å². The second-order valence-corrected chi connectivity index (χ2v) is 7.45. The first-order valence-electron chi connectivity index (χ1n) is 10.2. The van der Waals surface area contributed by atoms with Gasteiger partial charge in [-0.05, 0) is 36.3 Å². The van der Waals surface area contributed by atoms with Gasteiger partial charge >= 0.3 is 11.9 Å². The van der Waals surface area contributed by atoms with E-state index in [2.05, 4.69) is 14.6 Å². The number of aromatic nitrogens is 1. The fourth-order valence-corrected chi connectivity index (χ4v) is 4.06. The number of ketones is 2. The van der Waals surface area contributed by atoms with Gasteiger partial charge in [-0.1, -0.05) is 30.3 Å². The van der Waals surface area contributed by atoms with Crippen LogP contribution in [-0.2, 0) is 16.2 Å². The van der Waals surface area contributed by atoms with Crippen molar-refractivity contribution in [1.82, 2.24) is 4.57 Å². The lowest BCUT2D eigenvalue weighted by Gasteiger charge is -2.05. The van der Waals surface area contributed by atoms with Crippen molar-refractivity contribution < 1.29 is 24.0 Å². The molecule has 0 spiro atoms. The van der Waals surface area contributed by atoms with Gasteiger partial charge in [-0.25, -0.2) is 4.79 Å². The fourth-order valence-electron chi connectivity index (χ4n) is 4.06. The van der Waals surface area contributed by atoms with E-state index in [4.69, 9.17) is 4.74 Å². The van der Waals surface area contributed by atoms with Crippen LogP contribution in [0.3, 0.4) is 0 Å². The average molecular weight is 426 g/mol. The number of nitrogens with zero attached hydrogens (tertiary/aromatic N) is 2. The third-order valence-electron chi connectivity index (χ3n) is 5.48. The molecule has 0 atom stereocenters. The maximum absolute atomic E-state index is 13.0. The summed E-state index contributed by atoms with van der Waals surface area (Å²) in [5, 5.41) is 5.21. The third kappa shape index (κ3) is 3.06. The first-order chi connectivity index (χ1) is 15.5. The minimum atomic E-state index is -0.644. The van der Waals surface area contributed by atoms with Crippen molar-refractivity contribution in [3.8, 4) is 5.75 Å². The van der Waals surface area contributed by atoms with Gasteiger partial charge in [0, 0.05) is 47.0 Å². The zero-order valence-electron chi connectivity index (χ0n) is 17.4. The molecule has 0 radical (unpaired) electrons. The van der Waals surface area contributed by atoms with Gasteiger partial charge in [0.1, 0.15) is 5.75 Å². The Morgan fingerprint density at radius 2 is 1.72 bits per heavy atom. The number of rotatable bonds is 4. The average Bonchev–Trinajstić information content (AvgIpc) is 3.29. The lowest BCUT2D eigenvalue weighted by atomic mass is 10.0. The molecule has 4 aromatic rings. The number of aryl methyl sites for hydroxylation is 1. The standard InChI is InChI=1S/C25H18N2O5/c1-3-27-20-10-9-16(23(29)15-7-5-4-6-8-15)11-17(20)18-12-19-22(13-21(18)27)31-25(24(19)30)26-32-14(2)28/h4-13H,3H2,1-2H3. The summed E-state index contributed by atoms with van der Waals surface area (Å²) in [6.45, 7) is 3.90. The topological polar surface area (TPSA) is 87.0 Å². The fraction of sp³-hybridized carbons (Fsp3) is 0.120. The van der Waals surface area contributed by atoms with E-state index in [1.54, 1.807) is 24.3 Å². The first-order valence-corrected chi connectivity index (χ1v) is 10.2. The van der Waals surface area contributed by atoms with E-state index in [0.29, 0.717) is 29.0 Å². The smallest absolute Gasteiger partial charge is 0.332 e. The second kappa shape index (κ2) is 7.46. The Kier molecular flexibility index (Phi) is 4.59. The molecule has 0 saturated heterocycles. The molecule has 0 unspecified atom stereocenters. The van der Waals surface area contributed by atoms with Crippen LogP contribution in [0.15, 0.2) is 65.8 Å². The summed E-state index contributed by atoms with van der Waals surface area (Å²) in [5.41, 5.74) is 3.34. The van der Waals surface area contributed by atoms with E-state index in [1.807, 2.05) is 43.3 Å². The molecule has 158 valence electrons. The Balaban J connectivity index is 1.67. The highest BCUT2D eigenvalue weighted by Gasteiger charge is 2.31. The van der Waals surface area contributed by atoms with E-state index in [9.17, 15) is 14.4 Å². The van der Waals surface area contributed by atoms with Gasteiger partial charge in [0.15, 0.2) is 5.78 Å². The molecule has 0 amide bonds. The Morgan fingerprint density at radius 3 is 2.44 bits per heavy atom. The Morgan fingerprint density at radius 1 is 0.969 bits per heavy atom. The van der Waals surface area contributed by atoms with Crippen LogP contribution in [0.25, 0.3) is 21.8 Å². The number of benzene rings is 3. The zero-order valence-corrected chi connectivity index (χ0v) is 17.4. The van der Waals surface area contributed by atoms with Crippen LogP contribution in [0, 0.1) is 0 Å². The molecule has 5 rings (SSSR count). The van der Waals surface area contributed by atoms with E-state index < -0.39 is 11.8 Å². The van der Waals surface area contributed by atoms with Gasteiger partial charge in [0.25, 0.3) is 5.78 Å².